The zero-order chi connectivity index (χ0) is 13.6. The quantitative estimate of drug-likeness (QED) is 0.692. The molecule has 0 aliphatic heterocycles. The van der Waals surface area contributed by atoms with Crippen LogP contribution < -0.4 is 10.6 Å². The van der Waals surface area contributed by atoms with Crippen molar-refractivity contribution in [3.63, 3.8) is 0 Å². The molecule has 1 unspecified atom stereocenters. The molecule has 100 valence electrons. The van der Waals surface area contributed by atoms with E-state index in [4.69, 9.17) is 5.11 Å². The third-order valence-electron chi connectivity index (χ3n) is 2.49. The highest BCUT2D eigenvalue weighted by Crippen LogP contribution is 2.19. The van der Waals surface area contributed by atoms with Crippen molar-refractivity contribution in [2.75, 3.05) is 0 Å². The van der Waals surface area contributed by atoms with E-state index in [0.717, 1.165) is 12.8 Å². The second kappa shape index (κ2) is 6.47. The zero-order valence-corrected chi connectivity index (χ0v) is 11.3. The average Bonchev–Trinajstić information content (AvgIpc) is 2.12. The van der Waals surface area contributed by atoms with E-state index in [9.17, 15) is 9.59 Å². The summed E-state index contributed by atoms with van der Waals surface area (Å²) in [6.45, 7) is 9.27. The van der Waals surface area contributed by atoms with Crippen molar-refractivity contribution in [2.45, 2.75) is 59.5 Å². The standard InChI is InChI=1S/C12H24N2O3/c1-6-7-8(2)13-11(17)14-9(10(15)16)12(3,4)5/h8-9H,6-7H2,1-5H3,(H,15,16)(H2,13,14,17)/t8?,9-/m1/s1. The van der Waals surface area contributed by atoms with Crippen molar-refractivity contribution in [2.24, 2.45) is 5.41 Å². The number of carbonyl (C=O) groups is 2. The summed E-state index contributed by atoms with van der Waals surface area (Å²) < 4.78 is 0. The normalized spacial score (nSPS) is 14.9. The predicted molar refractivity (Wildman–Crippen MR) is 66.9 cm³/mol. The molecule has 0 saturated heterocycles. The first kappa shape index (κ1) is 15.7. The highest BCUT2D eigenvalue weighted by molar-refractivity contribution is 5.83. The summed E-state index contributed by atoms with van der Waals surface area (Å²) in [4.78, 5) is 22.7. The average molecular weight is 244 g/mol. The minimum Gasteiger partial charge on any atom is -0.480 e. The van der Waals surface area contributed by atoms with E-state index in [2.05, 4.69) is 10.6 Å². The lowest BCUT2D eigenvalue weighted by atomic mass is 9.87. The maximum absolute atomic E-state index is 11.6. The van der Waals surface area contributed by atoms with Crippen LogP contribution in [0.15, 0.2) is 0 Å². The van der Waals surface area contributed by atoms with Gasteiger partial charge in [0.2, 0.25) is 0 Å². The largest absolute Gasteiger partial charge is 0.480 e. The lowest BCUT2D eigenvalue weighted by Crippen LogP contribution is -2.53. The van der Waals surface area contributed by atoms with Crippen LogP contribution in [0.2, 0.25) is 0 Å². The molecule has 17 heavy (non-hydrogen) atoms. The van der Waals surface area contributed by atoms with Crippen LogP contribution in [0.4, 0.5) is 4.79 Å². The summed E-state index contributed by atoms with van der Waals surface area (Å²) in [7, 11) is 0. The molecule has 3 N–H and O–H groups in total. The van der Waals surface area contributed by atoms with E-state index in [1.165, 1.54) is 0 Å². The number of nitrogens with one attached hydrogen (secondary N) is 2. The number of urea groups is 1. The van der Waals surface area contributed by atoms with Crippen molar-refractivity contribution >= 4 is 12.0 Å². The van der Waals surface area contributed by atoms with Gasteiger partial charge < -0.3 is 15.7 Å². The fraction of sp³-hybridized carbons (Fsp3) is 0.833. The molecule has 5 nitrogen and oxygen atoms in total. The molecular weight excluding hydrogens is 220 g/mol. The topological polar surface area (TPSA) is 78.4 Å². The minimum atomic E-state index is -1.02. The van der Waals surface area contributed by atoms with Crippen molar-refractivity contribution in [1.82, 2.24) is 10.6 Å². The Morgan fingerprint density at radius 1 is 1.24 bits per heavy atom. The Balaban J connectivity index is 4.38. The molecule has 0 aromatic heterocycles. The fourth-order valence-corrected chi connectivity index (χ4v) is 1.55. The van der Waals surface area contributed by atoms with Gasteiger partial charge in [-0.3, -0.25) is 0 Å². The van der Waals surface area contributed by atoms with E-state index in [1.54, 1.807) is 20.8 Å². The van der Waals surface area contributed by atoms with Crippen LogP contribution in [0, 0.1) is 5.41 Å². The van der Waals surface area contributed by atoms with Gasteiger partial charge in [-0.25, -0.2) is 9.59 Å². The lowest BCUT2D eigenvalue weighted by Gasteiger charge is -2.28. The van der Waals surface area contributed by atoms with E-state index in [1.807, 2.05) is 13.8 Å². The summed E-state index contributed by atoms with van der Waals surface area (Å²) in [6, 6.07) is -1.26. The molecule has 0 aliphatic carbocycles. The second-order valence-corrected chi connectivity index (χ2v) is 5.44. The summed E-state index contributed by atoms with van der Waals surface area (Å²) in [6.07, 6.45) is 1.85. The Morgan fingerprint density at radius 3 is 2.12 bits per heavy atom. The first-order valence-corrected chi connectivity index (χ1v) is 5.98. The molecule has 0 bridgehead atoms. The molecule has 0 rings (SSSR count). The zero-order valence-electron chi connectivity index (χ0n) is 11.3. The van der Waals surface area contributed by atoms with Gasteiger partial charge in [0.05, 0.1) is 0 Å². The van der Waals surface area contributed by atoms with Gasteiger partial charge in [-0.1, -0.05) is 34.1 Å². The number of carboxylic acid groups (broad SMARTS) is 1. The van der Waals surface area contributed by atoms with Crippen LogP contribution in [-0.2, 0) is 4.79 Å². The molecule has 2 atom stereocenters. The number of amides is 2. The third kappa shape index (κ3) is 6.14. The van der Waals surface area contributed by atoms with Gasteiger partial charge in [0.15, 0.2) is 0 Å². The van der Waals surface area contributed by atoms with Gasteiger partial charge in [-0.2, -0.15) is 0 Å². The van der Waals surface area contributed by atoms with Crippen LogP contribution in [-0.4, -0.2) is 29.2 Å². The number of hydrogen-bond donors (Lipinski definition) is 3. The van der Waals surface area contributed by atoms with Gasteiger partial charge in [-0.15, -0.1) is 0 Å². The molecule has 5 heteroatoms. The van der Waals surface area contributed by atoms with Crippen LogP contribution >= 0.6 is 0 Å². The smallest absolute Gasteiger partial charge is 0.326 e. The van der Waals surface area contributed by atoms with E-state index >= 15 is 0 Å². The van der Waals surface area contributed by atoms with Crippen molar-refractivity contribution in [3.05, 3.63) is 0 Å². The Kier molecular flexibility index (Phi) is 5.99. The van der Waals surface area contributed by atoms with Gasteiger partial charge >= 0.3 is 12.0 Å². The summed E-state index contributed by atoms with van der Waals surface area (Å²) >= 11 is 0. The highest BCUT2D eigenvalue weighted by atomic mass is 16.4. The van der Waals surface area contributed by atoms with Gasteiger partial charge in [0, 0.05) is 6.04 Å². The number of aliphatic carboxylic acids is 1. The van der Waals surface area contributed by atoms with Crippen LogP contribution in [0.5, 0.6) is 0 Å². The molecule has 0 spiro atoms. The molecule has 0 aromatic rings. The Hall–Kier alpha value is -1.26. The first-order chi connectivity index (χ1) is 7.68. The van der Waals surface area contributed by atoms with E-state index < -0.39 is 23.5 Å². The van der Waals surface area contributed by atoms with E-state index in [-0.39, 0.29) is 6.04 Å². The van der Waals surface area contributed by atoms with Gasteiger partial charge in [-0.05, 0) is 18.8 Å². The number of hydrogen-bond acceptors (Lipinski definition) is 2. The fourth-order valence-electron chi connectivity index (χ4n) is 1.55. The second-order valence-electron chi connectivity index (χ2n) is 5.44. The van der Waals surface area contributed by atoms with Gasteiger partial charge in [0.1, 0.15) is 6.04 Å². The first-order valence-electron chi connectivity index (χ1n) is 5.98. The monoisotopic (exact) mass is 244 g/mol. The predicted octanol–water partition coefficient (Wildman–Crippen LogP) is 1.97. The molecule has 0 heterocycles. The summed E-state index contributed by atoms with van der Waals surface area (Å²) in [5, 5.41) is 14.3. The number of rotatable bonds is 5. The maximum Gasteiger partial charge on any atom is 0.326 e. The summed E-state index contributed by atoms with van der Waals surface area (Å²) in [5.74, 6) is -1.02. The lowest BCUT2D eigenvalue weighted by molar-refractivity contribution is -0.141. The Bertz CT molecular complexity index is 271. The summed E-state index contributed by atoms with van der Waals surface area (Å²) in [5.41, 5.74) is -0.517. The highest BCUT2D eigenvalue weighted by Gasteiger charge is 2.32. The molecule has 0 aliphatic rings. The number of carboxylic acids is 1. The molecule has 0 aromatic carbocycles. The number of carbonyl (C=O) groups excluding carboxylic acids is 1. The molecular formula is C12H24N2O3. The minimum absolute atomic E-state index is 0.0504. The van der Waals surface area contributed by atoms with Crippen LogP contribution in [0.1, 0.15) is 47.5 Å². The van der Waals surface area contributed by atoms with Crippen LogP contribution in [0.3, 0.4) is 0 Å². The maximum atomic E-state index is 11.6. The van der Waals surface area contributed by atoms with Crippen molar-refractivity contribution in [1.29, 1.82) is 0 Å². The molecule has 0 fully saturated rings. The third-order valence-corrected chi connectivity index (χ3v) is 2.49. The van der Waals surface area contributed by atoms with Crippen LogP contribution in [0.25, 0.3) is 0 Å². The Labute approximate surface area is 103 Å². The molecule has 2 amide bonds. The Morgan fingerprint density at radius 2 is 1.76 bits per heavy atom. The van der Waals surface area contributed by atoms with Crippen molar-refractivity contribution in [3.8, 4) is 0 Å². The van der Waals surface area contributed by atoms with E-state index in [0.29, 0.717) is 0 Å². The SMILES string of the molecule is CCCC(C)NC(=O)N[C@H](C(=O)O)C(C)(C)C. The molecule has 0 saturated carbocycles. The molecule has 0 radical (unpaired) electrons. The van der Waals surface area contributed by atoms with Gasteiger partial charge in [0.25, 0.3) is 0 Å². The van der Waals surface area contributed by atoms with Crippen molar-refractivity contribution < 1.29 is 14.7 Å².